The molecule has 1 heterocycles. The summed E-state index contributed by atoms with van der Waals surface area (Å²) in [6.07, 6.45) is 2.27. The highest BCUT2D eigenvalue weighted by molar-refractivity contribution is 5.73. The number of carboxylic acid groups (broad SMARTS) is 1. The van der Waals surface area contributed by atoms with Crippen LogP contribution in [0.3, 0.4) is 0 Å². The number of hydrogen-bond donors (Lipinski definition) is 1. The minimum Gasteiger partial charge on any atom is -0.480 e. The molecule has 0 saturated heterocycles. The number of hydrogen-bond acceptors (Lipinski definition) is 5. The van der Waals surface area contributed by atoms with Gasteiger partial charge in [0, 0.05) is 12.6 Å². The van der Waals surface area contributed by atoms with E-state index in [2.05, 4.69) is 9.97 Å². The molecule has 1 aromatic rings. The fourth-order valence-electron chi connectivity index (χ4n) is 1.31. The maximum absolute atomic E-state index is 10.7. The zero-order valence-corrected chi connectivity index (χ0v) is 10.1. The Morgan fingerprint density at radius 1 is 1.47 bits per heavy atom. The zero-order chi connectivity index (χ0) is 12.7. The second kappa shape index (κ2) is 6.67. The number of anilines is 1. The summed E-state index contributed by atoms with van der Waals surface area (Å²) in [5.74, 6) is 0.151. The SMILES string of the molecule is CCCOc1cc(N(CC)CC(=O)O)ncn1. The smallest absolute Gasteiger partial charge is 0.323 e. The van der Waals surface area contributed by atoms with Gasteiger partial charge in [-0.15, -0.1) is 0 Å². The normalized spacial score (nSPS) is 10.0. The van der Waals surface area contributed by atoms with Crippen LogP contribution in [0.1, 0.15) is 20.3 Å². The second-order valence-corrected chi connectivity index (χ2v) is 3.47. The number of likely N-dealkylation sites (N-methyl/N-ethyl adjacent to an activating group) is 1. The van der Waals surface area contributed by atoms with E-state index < -0.39 is 5.97 Å². The maximum Gasteiger partial charge on any atom is 0.323 e. The molecule has 0 aliphatic rings. The third-order valence-electron chi connectivity index (χ3n) is 2.11. The van der Waals surface area contributed by atoms with Crippen molar-refractivity contribution in [1.29, 1.82) is 0 Å². The minimum atomic E-state index is -0.888. The molecule has 1 N–H and O–H groups in total. The number of aromatic nitrogens is 2. The van der Waals surface area contributed by atoms with Crippen molar-refractivity contribution in [3.05, 3.63) is 12.4 Å². The maximum atomic E-state index is 10.7. The highest BCUT2D eigenvalue weighted by Crippen LogP contribution is 2.15. The van der Waals surface area contributed by atoms with Crippen LogP contribution in [0.25, 0.3) is 0 Å². The molecule has 0 fully saturated rings. The van der Waals surface area contributed by atoms with Crippen molar-refractivity contribution in [2.24, 2.45) is 0 Å². The average Bonchev–Trinajstić information content (AvgIpc) is 2.33. The monoisotopic (exact) mass is 239 g/mol. The number of carbonyl (C=O) groups is 1. The van der Waals surface area contributed by atoms with Gasteiger partial charge < -0.3 is 14.7 Å². The van der Waals surface area contributed by atoms with Crippen LogP contribution in [0.5, 0.6) is 5.88 Å². The summed E-state index contributed by atoms with van der Waals surface area (Å²) in [5, 5.41) is 8.77. The summed E-state index contributed by atoms with van der Waals surface area (Å²) in [6.45, 7) is 4.95. The van der Waals surface area contributed by atoms with E-state index in [1.807, 2.05) is 13.8 Å². The van der Waals surface area contributed by atoms with Crippen molar-refractivity contribution in [3.8, 4) is 5.88 Å². The Labute approximate surface area is 100 Å². The molecule has 6 heteroatoms. The van der Waals surface area contributed by atoms with E-state index in [4.69, 9.17) is 9.84 Å². The highest BCUT2D eigenvalue weighted by atomic mass is 16.5. The molecule has 0 aliphatic carbocycles. The lowest BCUT2D eigenvalue weighted by Crippen LogP contribution is -2.30. The van der Waals surface area contributed by atoms with Gasteiger partial charge in [-0.2, -0.15) is 0 Å². The molecule has 0 atom stereocenters. The molecular formula is C11H17N3O3. The van der Waals surface area contributed by atoms with Gasteiger partial charge in [-0.05, 0) is 13.3 Å². The van der Waals surface area contributed by atoms with E-state index in [1.54, 1.807) is 11.0 Å². The largest absolute Gasteiger partial charge is 0.480 e. The van der Waals surface area contributed by atoms with Crippen molar-refractivity contribution in [2.75, 3.05) is 24.6 Å². The van der Waals surface area contributed by atoms with Gasteiger partial charge in [-0.3, -0.25) is 4.79 Å². The molecule has 1 aromatic heterocycles. The first-order chi connectivity index (χ1) is 8.17. The van der Waals surface area contributed by atoms with Crippen molar-refractivity contribution < 1.29 is 14.6 Å². The topological polar surface area (TPSA) is 75.5 Å². The highest BCUT2D eigenvalue weighted by Gasteiger charge is 2.11. The van der Waals surface area contributed by atoms with Gasteiger partial charge in [0.15, 0.2) is 0 Å². The second-order valence-electron chi connectivity index (χ2n) is 3.47. The number of carboxylic acids is 1. The number of ether oxygens (including phenoxy) is 1. The Hall–Kier alpha value is -1.85. The van der Waals surface area contributed by atoms with Crippen LogP contribution in [0.4, 0.5) is 5.82 Å². The van der Waals surface area contributed by atoms with Crippen LogP contribution >= 0.6 is 0 Å². The summed E-state index contributed by atoms with van der Waals surface area (Å²) in [5.41, 5.74) is 0. The molecule has 0 radical (unpaired) electrons. The first-order valence-corrected chi connectivity index (χ1v) is 5.59. The Kier molecular flexibility index (Phi) is 5.19. The van der Waals surface area contributed by atoms with E-state index in [1.165, 1.54) is 6.33 Å². The summed E-state index contributed by atoms with van der Waals surface area (Å²) in [4.78, 5) is 20.3. The minimum absolute atomic E-state index is 0.0826. The van der Waals surface area contributed by atoms with Gasteiger partial charge in [-0.1, -0.05) is 6.92 Å². The van der Waals surface area contributed by atoms with Gasteiger partial charge in [0.1, 0.15) is 18.7 Å². The summed E-state index contributed by atoms with van der Waals surface area (Å²) < 4.78 is 5.37. The third kappa shape index (κ3) is 4.26. The zero-order valence-electron chi connectivity index (χ0n) is 10.1. The van der Waals surface area contributed by atoms with Gasteiger partial charge in [0.2, 0.25) is 5.88 Å². The molecule has 6 nitrogen and oxygen atoms in total. The van der Waals surface area contributed by atoms with Crippen LogP contribution in [0.15, 0.2) is 12.4 Å². The van der Waals surface area contributed by atoms with Crippen molar-refractivity contribution in [2.45, 2.75) is 20.3 Å². The lowest BCUT2D eigenvalue weighted by atomic mass is 10.4. The number of rotatable bonds is 7. The predicted molar refractivity (Wildman–Crippen MR) is 63.3 cm³/mol. The van der Waals surface area contributed by atoms with Crippen LogP contribution in [-0.4, -0.2) is 40.7 Å². The van der Waals surface area contributed by atoms with E-state index in [-0.39, 0.29) is 6.54 Å². The molecule has 94 valence electrons. The van der Waals surface area contributed by atoms with E-state index >= 15 is 0 Å². The molecule has 0 spiro atoms. The Bertz CT molecular complexity index is 371. The Morgan fingerprint density at radius 3 is 2.82 bits per heavy atom. The fraction of sp³-hybridized carbons (Fsp3) is 0.545. The summed E-state index contributed by atoms with van der Waals surface area (Å²) in [6, 6.07) is 1.65. The van der Waals surface area contributed by atoms with Gasteiger partial charge >= 0.3 is 5.97 Å². The summed E-state index contributed by atoms with van der Waals surface area (Å²) in [7, 11) is 0. The van der Waals surface area contributed by atoms with Crippen molar-refractivity contribution in [1.82, 2.24) is 9.97 Å². The van der Waals surface area contributed by atoms with E-state index in [0.29, 0.717) is 24.8 Å². The molecule has 17 heavy (non-hydrogen) atoms. The van der Waals surface area contributed by atoms with Crippen molar-refractivity contribution in [3.63, 3.8) is 0 Å². The van der Waals surface area contributed by atoms with Crippen LogP contribution in [0.2, 0.25) is 0 Å². The summed E-state index contributed by atoms with van der Waals surface area (Å²) >= 11 is 0. The number of aliphatic carboxylic acids is 1. The Morgan fingerprint density at radius 2 is 2.24 bits per heavy atom. The van der Waals surface area contributed by atoms with E-state index in [9.17, 15) is 4.79 Å². The van der Waals surface area contributed by atoms with Gasteiger partial charge in [-0.25, -0.2) is 9.97 Å². The van der Waals surface area contributed by atoms with Gasteiger partial charge in [0.05, 0.1) is 6.61 Å². The molecule has 0 bridgehead atoms. The third-order valence-corrected chi connectivity index (χ3v) is 2.11. The first-order valence-electron chi connectivity index (χ1n) is 5.59. The fourth-order valence-corrected chi connectivity index (χ4v) is 1.31. The standard InChI is InChI=1S/C11H17N3O3/c1-3-5-17-10-6-9(12-8-13-10)14(4-2)7-11(15)16/h6,8H,3-5,7H2,1-2H3,(H,15,16). The molecule has 1 rings (SSSR count). The first kappa shape index (κ1) is 13.2. The molecule has 0 amide bonds. The van der Waals surface area contributed by atoms with Crippen LogP contribution in [-0.2, 0) is 4.79 Å². The van der Waals surface area contributed by atoms with Crippen LogP contribution < -0.4 is 9.64 Å². The lowest BCUT2D eigenvalue weighted by molar-refractivity contribution is -0.135. The Balaban J connectivity index is 2.77. The van der Waals surface area contributed by atoms with E-state index in [0.717, 1.165) is 6.42 Å². The predicted octanol–water partition coefficient (Wildman–Crippen LogP) is 1.18. The van der Waals surface area contributed by atoms with Crippen LogP contribution in [0, 0.1) is 0 Å². The molecule has 0 aromatic carbocycles. The molecular weight excluding hydrogens is 222 g/mol. The molecule has 0 unspecified atom stereocenters. The molecule has 0 saturated carbocycles. The quantitative estimate of drug-likeness (QED) is 0.770. The van der Waals surface area contributed by atoms with Gasteiger partial charge in [0.25, 0.3) is 0 Å². The van der Waals surface area contributed by atoms with Crippen molar-refractivity contribution >= 4 is 11.8 Å². The average molecular weight is 239 g/mol. The number of nitrogens with zero attached hydrogens (tertiary/aromatic N) is 3. The molecule has 0 aliphatic heterocycles. The lowest BCUT2D eigenvalue weighted by Gasteiger charge is -2.19.